The Hall–Kier alpha value is -1.06. The molecule has 0 radical (unpaired) electrons. The monoisotopic (exact) mass is 266 g/mol. The van der Waals surface area contributed by atoms with Crippen LogP contribution in [0.4, 0.5) is 0 Å². The molecule has 1 aromatic rings. The maximum Gasteiger partial charge on any atom is 0.254 e. The minimum absolute atomic E-state index is 0.0936. The molecule has 0 aliphatic carbocycles. The molecular formula is C14H19ClN2O. The lowest BCUT2D eigenvalue weighted by Crippen LogP contribution is -2.44. The molecule has 1 N–H and O–H groups in total. The summed E-state index contributed by atoms with van der Waals surface area (Å²) >= 11 is 5.92. The van der Waals surface area contributed by atoms with E-state index < -0.39 is 0 Å². The van der Waals surface area contributed by atoms with Gasteiger partial charge in [-0.25, -0.2) is 0 Å². The minimum atomic E-state index is 0.0936. The number of aryl methyl sites for hydroxylation is 1. The number of amides is 1. The summed E-state index contributed by atoms with van der Waals surface area (Å²) in [6, 6.07) is 5.77. The maximum absolute atomic E-state index is 12.4. The van der Waals surface area contributed by atoms with Gasteiger partial charge >= 0.3 is 0 Å². The lowest BCUT2D eigenvalue weighted by Gasteiger charge is -2.32. The third-order valence-electron chi connectivity index (χ3n) is 3.60. The van der Waals surface area contributed by atoms with Gasteiger partial charge < -0.3 is 10.2 Å². The third kappa shape index (κ3) is 2.85. The van der Waals surface area contributed by atoms with Gasteiger partial charge in [-0.15, -0.1) is 0 Å². The van der Waals surface area contributed by atoms with Crippen molar-refractivity contribution in [3.63, 3.8) is 0 Å². The van der Waals surface area contributed by atoms with Gasteiger partial charge in [-0.3, -0.25) is 4.79 Å². The highest BCUT2D eigenvalue weighted by Crippen LogP contribution is 2.19. The highest BCUT2D eigenvalue weighted by atomic mass is 35.5. The second-order valence-electron chi connectivity index (χ2n) is 4.86. The first-order valence-corrected chi connectivity index (χ1v) is 6.71. The van der Waals surface area contributed by atoms with Crippen LogP contribution in [-0.4, -0.2) is 37.0 Å². The van der Waals surface area contributed by atoms with Crippen molar-refractivity contribution in [1.82, 2.24) is 10.2 Å². The van der Waals surface area contributed by atoms with Gasteiger partial charge in [-0.05, 0) is 56.6 Å². The van der Waals surface area contributed by atoms with Gasteiger partial charge in [0.25, 0.3) is 5.91 Å². The SMILES string of the molecule is Cc1cc(Cl)ccc1C(=O)N(C)C1CCNCC1. The van der Waals surface area contributed by atoms with Crippen LogP contribution in [0.2, 0.25) is 5.02 Å². The van der Waals surface area contributed by atoms with E-state index in [-0.39, 0.29) is 5.91 Å². The van der Waals surface area contributed by atoms with Crippen LogP contribution in [0.25, 0.3) is 0 Å². The molecule has 0 atom stereocenters. The van der Waals surface area contributed by atoms with Crippen LogP contribution in [0.5, 0.6) is 0 Å². The molecule has 0 spiro atoms. The number of benzene rings is 1. The molecule has 0 bridgehead atoms. The number of nitrogens with one attached hydrogen (secondary N) is 1. The second kappa shape index (κ2) is 5.72. The Morgan fingerprint density at radius 2 is 2.06 bits per heavy atom. The van der Waals surface area contributed by atoms with E-state index in [1.807, 2.05) is 31.0 Å². The molecule has 4 heteroatoms. The summed E-state index contributed by atoms with van der Waals surface area (Å²) in [7, 11) is 1.90. The zero-order chi connectivity index (χ0) is 13.1. The van der Waals surface area contributed by atoms with Gasteiger partial charge in [-0.1, -0.05) is 11.6 Å². The summed E-state index contributed by atoms with van der Waals surface area (Å²) < 4.78 is 0. The normalized spacial score (nSPS) is 16.6. The lowest BCUT2D eigenvalue weighted by atomic mass is 10.0. The van der Waals surface area contributed by atoms with E-state index in [9.17, 15) is 4.79 Å². The van der Waals surface area contributed by atoms with Crippen molar-refractivity contribution >= 4 is 17.5 Å². The number of nitrogens with zero attached hydrogens (tertiary/aromatic N) is 1. The number of hydrogen-bond donors (Lipinski definition) is 1. The predicted octanol–water partition coefficient (Wildman–Crippen LogP) is 2.47. The van der Waals surface area contributed by atoms with Crippen LogP contribution >= 0.6 is 11.6 Å². The van der Waals surface area contributed by atoms with E-state index in [1.165, 1.54) is 0 Å². The molecule has 1 saturated heterocycles. The quantitative estimate of drug-likeness (QED) is 0.892. The van der Waals surface area contributed by atoms with E-state index in [4.69, 9.17) is 11.6 Å². The van der Waals surface area contributed by atoms with Crippen molar-refractivity contribution in [2.75, 3.05) is 20.1 Å². The minimum Gasteiger partial charge on any atom is -0.339 e. The molecular weight excluding hydrogens is 248 g/mol. The molecule has 2 rings (SSSR count). The summed E-state index contributed by atoms with van der Waals surface area (Å²) in [5.41, 5.74) is 1.69. The fraction of sp³-hybridized carbons (Fsp3) is 0.500. The number of halogens is 1. The number of carbonyl (C=O) groups is 1. The van der Waals surface area contributed by atoms with Crippen LogP contribution in [0.3, 0.4) is 0 Å². The zero-order valence-electron chi connectivity index (χ0n) is 10.9. The topological polar surface area (TPSA) is 32.3 Å². The van der Waals surface area contributed by atoms with E-state index >= 15 is 0 Å². The van der Waals surface area contributed by atoms with Gasteiger partial charge in [0.15, 0.2) is 0 Å². The number of piperidine rings is 1. The van der Waals surface area contributed by atoms with E-state index in [0.717, 1.165) is 37.1 Å². The van der Waals surface area contributed by atoms with Crippen LogP contribution in [-0.2, 0) is 0 Å². The van der Waals surface area contributed by atoms with Gasteiger partial charge in [0.2, 0.25) is 0 Å². The Balaban J connectivity index is 2.14. The predicted molar refractivity (Wildman–Crippen MR) is 74.2 cm³/mol. The van der Waals surface area contributed by atoms with Gasteiger partial charge in [0, 0.05) is 23.7 Å². The average molecular weight is 267 g/mol. The molecule has 1 amide bonds. The Kier molecular flexibility index (Phi) is 4.25. The number of rotatable bonds is 2. The van der Waals surface area contributed by atoms with Crippen molar-refractivity contribution in [3.05, 3.63) is 34.3 Å². The molecule has 98 valence electrons. The molecule has 0 saturated carbocycles. The molecule has 1 aliphatic heterocycles. The van der Waals surface area contributed by atoms with Crippen molar-refractivity contribution in [2.45, 2.75) is 25.8 Å². The molecule has 18 heavy (non-hydrogen) atoms. The average Bonchev–Trinajstić information content (AvgIpc) is 2.38. The number of hydrogen-bond acceptors (Lipinski definition) is 2. The second-order valence-corrected chi connectivity index (χ2v) is 5.29. The largest absolute Gasteiger partial charge is 0.339 e. The maximum atomic E-state index is 12.4. The highest BCUT2D eigenvalue weighted by Gasteiger charge is 2.23. The lowest BCUT2D eigenvalue weighted by molar-refractivity contribution is 0.0702. The van der Waals surface area contributed by atoms with Crippen molar-refractivity contribution < 1.29 is 4.79 Å². The first-order valence-electron chi connectivity index (χ1n) is 6.33. The van der Waals surface area contributed by atoms with Crippen molar-refractivity contribution in [3.8, 4) is 0 Å². The number of carbonyl (C=O) groups excluding carboxylic acids is 1. The van der Waals surface area contributed by atoms with E-state index in [0.29, 0.717) is 11.1 Å². The van der Waals surface area contributed by atoms with Crippen LogP contribution in [0.15, 0.2) is 18.2 Å². The summed E-state index contributed by atoms with van der Waals surface area (Å²) in [6.45, 7) is 3.90. The third-order valence-corrected chi connectivity index (χ3v) is 3.83. The Morgan fingerprint density at radius 1 is 1.39 bits per heavy atom. The zero-order valence-corrected chi connectivity index (χ0v) is 11.6. The molecule has 0 aromatic heterocycles. The first-order chi connectivity index (χ1) is 8.59. The Bertz CT molecular complexity index is 441. The van der Waals surface area contributed by atoms with Crippen LogP contribution < -0.4 is 5.32 Å². The van der Waals surface area contributed by atoms with Crippen molar-refractivity contribution in [2.24, 2.45) is 0 Å². The molecule has 1 aromatic carbocycles. The fourth-order valence-corrected chi connectivity index (χ4v) is 2.64. The highest BCUT2D eigenvalue weighted by molar-refractivity contribution is 6.30. The first kappa shape index (κ1) is 13.4. The van der Waals surface area contributed by atoms with E-state index in [2.05, 4.69) is 5.32 Å². The van der Waals surface area contributed by atoms with Crippen molar-refractivity contribution in [1.29, 1.82) is 0 Å². The fourth-order valence-electron chi connectivity index (χ4n) is 2.42. The summed E-state index contributed by atoms with van der Waals surface area (Å²) in [4.78, 5) is 14.3. The van der Waals surface area contributed by atoms with Crippen LogP contribution in [0.1, 0.15) is 28.8 Å². The van der Waals surface area contributed by atoms with E-state index in [1.54, 1.807) is 6.07 Å². The van der Waals surface area contributed by atoms with Crippen LogP contribution in [0, 0.1) is 6.92 Å². The van der Waals surface area contributed by atoms with Gasteiger partial charge in [-0.2, -0.15) is 0 Å². The Labute approximate surface area is 113 Å². The standard InChI is InChI=1S/C14H19ClN2O/c1-10-9-11(15)3-4-13(10)14(18)17(2)12-5-7-16-8-6-12/h3-4,9,12,16H,5-8H2,1-2H3. The molecule has 0 unspecified atom stereocenters. The molecule has 1 aliphatic rings. The molecule has 1 heterocycles. The molecule has 1 fully saturated rings. The summed E-state index contributed by atoms with van der Waals surface area (Å²) in [5, 5.41) is 3.99. The smallest absolute Gasteiger partial charge is 0.254 e. The van der Waals surface area contributed by atoms with Gasteiger partial charge in [0.1, 0.15) is 0 Å². The summed E-state index contributed by atoms with van der Waals surface area (Å²) in [6.07, 6.45) is 2.05. The summed E-state index contributed by atoms with van der Waals surface area (Å²) in [5.74, 6) is 0.0936. The van der Waals surface area contributed by atoms with Gasteiger partial charge in [0.05, 0.1) is 0 Å². The molecule has 3 nitrogen and oxygen atoms in total. The Morgan fingerprint density at radius 3 is 2.67 bits per heavy atom.